The second kappa shape index (κ2) is 6.72. The Labute approximate surface area is 144 Å². The Bertz CT molecular complexity index is 909. The molecular formula is C19H15ClN2O2. The van der Waals surface area contributed by atoms with Gasteiger partial charge in [0, 0.05) is 17.3 Å². The van der Waals surface area contributed by atoms with Crippen LogP contribution in [0, 0.1) is 0 Å². The number of methoxy groups -OCH3 is 1. The van der Waals surface area contributed by atoms with Crippen LogP contribution >= 0.6 is 11.6 Å². The van der Waals surface area contributed by atoms with Crippen LogP contribution < -0.4 is 10.5 Å². The molecule has 0 aliphatic carbocycles. The molecule has 0 aliphatic heterocycles. The maximum atomic E-state index is 12.9. The SMILES string of the molecule is COc1ccccc1C(=O)c1ccnc(-c2ccccc2Cl)c1N. The number of nitrogen functional groups attached to an aromatic ring is 1. The number of hydrogen-bond acceptors (Lipinski definition) is 4. The highest BCUT2D eigenvalue weighted by atomic mass is 35.5. The van der Waals surface area contributed by atoms with Gasteiger partial charge in [0.05, 0.1) is 29.1 Å². The molecule has 0 amide bonds. The molecule has 2 N–H and O–H groups in total. The summed E-state index contributed by atoms with van der Waals surface area (Å²) >= 11 is 6.23. The topological polar surface area (TPSA) is 65.2 Å². The zero-order valence-corrected chi connectivity index (χ0v) is 13.7. The normalized spacial score (nSPS) is 10.4. The molecule has 24 heavy (non-hydrogen) atoms. The van der Waals surface area contributed by atoms with Gasteiger partial charge in [0.2, 0.25) is 0 Å². The molecule has 0 radical (unpaired) electrons. The highest BCUT2D eigenvalue weighted by molar-refractivity contribution is 6.33. The van der Waals surface area contributed by atoms with Gasteiger partial charge in [-0.3, -0.25) is 9.78 Å². The van der Waals surface area contributed by atoms with E-state index in [-0.39, 0.29) is 5.78 Å². The van der Waals surface area contributed by atoms with Gasteiger partial charge in [-0.1, -0.05) is 41.9 Å². The standard InChI is InChI=1S/C19H15ClN2O2/c1-24-16-9-5-3-7-13(16)19(23)14-10-11-22-18(17(14)21)12-6-2-4-8-15(12)20/h2-11H,21H2,1H3. The van der Waals surface area contributed by atoms with Crippen LogP contribution in [-0.2, 0) is 0 Å². The Morgan fingerprint density at radius 3 is 2.50 bits per heavy atom. The molecule has 5 heteroatoms. The molecule has 3 aromatic rings. The third-order valence-corrected chi connectivity index (χ3v) is 4.04. The summed E-state index contributed by atoms with van der Waals surface area (Å²) in [5.74, 6) is 0.277. The molecule has 0 saturated heterocycles. The summed E-state index contributed by atoms with van der Waals surface area (Å²) < 4.78 is 5.26. The first-order valence-electron chi connectivity index (χ1n) is 7.30. The highest BCUT2D eigenvalue weighted by Gasteiger charge is 2.19. The van der Waals surface area contributed by atoms with E-state index >= 15 is 0 Å². The Morgan fingerprint density at radius 1 is 1.04 bits per heavy atom. The predicted molar refractivity (Wildman–Crippen MR) is 95.5 cm³/mol. The number of ketones is 1. The van der Waals surface area contributed by atoms with Crippen molar-refractivity contribution in [3.8, 4) is 17.0 Å². The molecular weight excluding hydrogens is 324 g/mol. The summed E-state index contributed by atoms with van der Waals surface area (Å²) in [5, 5.41) is 0.526. The first-order chi connectivity index (χ1) is 11.6. The molecule has 0 bridgehead atoms. The van der Waals surface area contributed by atoms with E-state index < -0.39 is 0 Å². The number of pyridine rings is 1. The molecule has 3 rings (SSSR count). The molecule has 0 fully saturated rings. The quantitative estimate of drug-likeness (QED) is 0.723. The van der Waals surface area contributed by atoms with Crippen molar-refractivity contribution in [1.82, 2.24) is 4.98 Å². The molecule has 0 saturated carbocycles. The fourth-order valence-electron chi connectivity index (χ4n) is 2.52. The van der Waals surface area contributed by atoms with Gasteiger partial charge in [0.1, 0.15) is 5.75 Å². The summed E-state index contributed by atoms with van der Waals surface area (Å²) in [5.41, 5.74) is 8.51. The Hall–Kier alpha value is -2.85. The summed E-state index contributed by atoms with van der Waals surface area (Å²) in [4.78, 5) is 17.2. The maximum absolute atomic E-state index is 12.9. The first kappa shape index (κ1) is 16.0. The van der Waals surface area contributed by atoms with Crippen LogP contribution in [0.15, 0.2) is 60.8 Å². The minimum atomic E-state index is -0.222. The molecule has 0 spiro atoms. The van der Waals surface area contributed by atoms with Gasteiger partial charge in [-0.25, -0.2) is 0 Å². The van der Waals surface area contributed by atoms with E-state index in [0.29, 0.717) is 38.8 Å². The van der Waals surface area contributed by atoms with Crippen LogP contribution in [0.1, 0.15) is 15.9 Å². The van der Waals surface area contributed by atoms with Gasteiger partial charge in [-0.15, -0.1) is 0 Å². The van der Waals surface area contributed by atoms with Crippen molar-refractivity contribution in [3.63, 3.8) is 0 Å². The monoisotopic (exact) mass is 338 g/mol. The van der Waals surface area contributed by atoms with Crippen molar-refractivity contribution >= 4 is 23.1 Å². The third-order valence-electron chi connectivity index (χ3n) is 3.72. The average molecular weight is 339 g/mol. The van der Waals surface area contributed by atoms with Gasteiger partial charge in [0.25, 0.3) is 0 Å². The summed E-state index contributed by atoms with van der Waals surface area (Å²) in [7, 11) is 1.52. The molecule has 4 nitrogen and oxygen atoms in total. The number of anilines is 1. The van der Waals surface area contributed by atoms with Crippen molar-refractivity contribution in [3.05, 3.63) is 76.9 Å². The fraction of sp³-hybridized carbons (Fsp3) is 0.0526. The van der Waals surface area contributed by atoms with Crippen LogP contribution in [-0.4, -0.2) is 17.9 Å². The van der Waals surface area contributed by atoms with E-state index in [1.54, 1.807) is 42.6 Å². The van der Waals surface area contributed by atoms with Crippen LogP contribution in [0.3, 0.4) is 0 Å². The molecule has 0 atom stereocenters. The lowest BCUT2D eigenvalue weighted by molar-refractivity contribution is 0.103. The van der Waals surface area contributed by atoms with E-state index in [0.717, 1.165) is 0 Å². The van der Waals surface area contributed by atoms with Crippen molar-refractivity contribution in [2.24, 2.45) is 0 Å². The summed E-state index contributed by atoms with van der Waals surface area (Å²) in [6.07, 6.45) is 1.55. The van der Waals surface area contributed by atoms with Gasteiger partial charge in [0.15, 0.2) is 5.78 Å². The van der Waals surface area contributed by atoms with E-state index in [9.17, 15) is 4.79 Å². The second-order valence-corrected chi connectivity index (χ2v) is 5.54. The predicted octanol–water partition coefficient (Wildman–Crippen LogP) is 4.22. The summed E-state index contributed by atoms with van der Waals surface area (Å²) in [6.45, 7) is 0. The minimum absolute atomic E-state index is 0.222. The van der Waals surface area contributed by atoms with E-state index in [1.807, 2.05) is 18.2 Å². The highest BCUT2D eigenvalue weighted by Crippen LogP contribution is 2.33. The Kier molecular flexibility index (Phi) is 4.49. The number of rotatable bonds is 4. The van der Waals surface area contributed by atoms with Gasteiger partial charge < -0.3 is 10.5 Å². The van der Waals surface area contributed by atoms with Crippen molar-refractivity contribution in [2.45, 2.75) is 0 Å². The number of para-hydroxylation sites is 1. The number of ether oxygens (including phenoxy) is 1. The molecule has 1 aromatic heterocycles. The first-order valence-corrected chi connectivity index (χ1v) is 7.68. The van der Waals surface area contributed by atoms with Crippen LogP contribution in [0.4, 0.5) is 5.69 Å². The number of nitrogens with zero attached hydrogens (tertiary/aromatic N) is 1. The molecule has 1 heterocycles. The van der Waals surface area contributed by atoms with Crippen LogP contribution in [0.5, 0.6) is 5.75 Å². The average Bonchev–Trinajstić information content (AvgIpc) is 2.62. The van der Waals surface area contributed by atoms with Crippen molar-refractivity contribution < 1.29 is 9.53 Å². The number of benzene rings is 2. The van der Waals surface area contributed by atoms with Gasteiger partial charge in [-0.05, 0) is 24.3 Å². The molecule has 0 unspecified atom stereocenters. The number of nitrogens with two attached hydrogens (primary N) is 1. The van der Waals surface area contributed by atoms with Crippen molar-refractivity contribution in [1.29, 1.82) is 0 Å². The number of halogens is 1. The fourth-order valence-corrected chi connectivity index (χ4v) is 2.74. The van der Waals surface area contributed by atoms with Gasteiger partial charge in [-0.2, -0.15) is 0 Å². The smallest absolute Gasteiger partial charge is 0.198 e. The zero-order valence-electron chi connectivity index (χ0n) is 13.0. The molecule has 120 valence electrons. The van der Waals surface area contributed by atoms with Crippen LogP contribution in [0.25, 0.3) is 11.3 Å². The number of hydrogen-bond donors (Lipinski definition) is 1. The number of carbonyl (C=O) groups is 1. The molecule has 0 aliphatic rings. The Morgan fingerprint density at radius 2 is 1.75 bits per heavy atom. The molecule has 2 aromatic carbocycles. The summed E-state index contributed by atoms with van der Waals surface area (Å²) in [6, 6.07) is 15.9. The van der Waals surface area contributed by atoms with E-state index in [4.69, 9.17) is 22.1 Å². The maximum Gasteiger partial charge on any atom is 0.198 e. The largest absolute Gasteiger partial charge is 0.496 e. The van der Waals surface area contributed by atoms with E-state index in [1.165, 1.54) is 7.11 Å². The minimum Gasteiger partial charge on any atom is -0.496 e. The Balaban J connectivity index is 2.12. The lowest BCUT2D eigenvalue weighted by atomic mass is 9.99. The number of aromatic nitrogens is 1. The van der Waals surface area contributed by atoms with Crippen molar-refractivity contribution in [2.75, 3.05) is 12.8 Å². The van der Waals surface area contributed by atoms with E-state index in [2.05, 4.69) is 4.98 Å². The van der Waals surface area contributed by atoms with Gasteiger partial charge >= 0.3 is 0 Å². The lowest BCUT2D eigenvalue weighted by Crippen LogP contribution is -2.09. The lowest BCUT2D eigenvalue weighted by Gasteiger charge is -2.12. The third kappa shape index (κ3) is 2.84. The number of carbonyl (C=O) groups excluding carboxylic acids is 1. The zero-order chi connectivity index (χ0) is 17.1. The second-order valence-electron chi connectivity index (χ2n) is 5.13. The van der Waals surface area contributed by atoms with Crippen LogP contribution in [0.2, 0.25) is 5.02 Å².